The second-order valence-corrected chi connectivity index (χ2v) is 5.59. The molecule has 0 saturated carbocycles. The number of nitrogens with one attached hydrogen (secondary N) is 2. The summed E-state index contributed by atoms with van der Waals surface area (Å²) in [6.45, 7) is 5.60. The lowest BCUT2D eigenvalue weighted by Gasteiger charge is -2.33. The molecule has 3 amide bonds. The average Bonchev–Trinajstić information content (AvgIpc) is 2.59. The Morgan fingerprint density at radius 1 is 1.26 bits per heavy atom. The first-order chi connectivity index (χ1) is 11.1. The standard InChI is InChI=1S/C17H25N3O3/c1-3-9-18-17(22)19-10-15-11-20(16(21)12-23-15)14-7-5-13(4-2)6-8-14/h5-8,15H,3-4,9-12H2,1-2H3,(H2,18,19,22). The van der Waals surface area contributed by atoms with E-state index in [4.69, 9.17) is 4.74 Å². The van der Waals surface area contributed by atoms with Crippen molar-refractivity contribution in [2.75, 3.05) is 31.1 Å². The molecule has 0 bridgehead atoms. The number of rotatable bonds is 6. The normalized spacial score (nSPS) is 17.9. The molecule has 1 atom stereocenters. The summed E-state index contributed by atoms with van der Waals surface area (Å²) in [4.78, 5) is 25.4. The minimum absolute atomic E-state index is 0.0401. The maximum atomic E-state index is 12.1. The average molecular weight is 319 g/mol. The van der Waals surface area contributed by atoms with E-state index >= 15 is 0 Å². The van der Waals surface area contributed by atoms with Crippen molar-refractivity contribution in [3.63, 3.8) is 0 Å². The lowest BCUT2D eigenvalue weighted by Crippen LogP contribution is -2.51. The van der Waals surface area contributed by atoms with E-state index in [9.17, 15) is 9.59 Å². The van der Waals surface area contributed by atoms with Crippen LogP contribution in [0.5, 0.6) is 0 Å². The summed E-state index contributed by atoms with van der Waals surface area (Å²) in [5.41, 5.74) is 2.11. The Labute approximate surface area is 137 Å². The van der Waals surface area contributed by atoms with E-state index in [1.54, 1.807) is 4.90 Å². The summed E-state index contributed by atoms with van der Waals surface area (Å²) in [5.74, 6) is -0.0547. The second-order valence-electron chi connectivity index (χ2n) is 5.59. The van der Waals surface area contributed by atoms with Crippen LogP contribution in [-0.4, -0.2) is 44.3 Å². The zero-order valence-electron chi connectivity index (χ0n) is 13.8. The quantitative estimate of drug-likeness (QED) is 0.838. The summed E-state index contributed by atoms with van der Waals surface area (Å²) < 4.78 is 5.51. The number of hydrogen-bond acceptors (Lipinski definition) is 3. The van der Waals surface area contributed by atoms with Gasteiger partial charge in [-0.15, -0.1) is 0 Å². The molecule has 1 saturated heterocycles. The number of nitrogens with zero attached hydrogens (tertiary/aromatic N) is 1. The fraction of sp³-hybridized carbons (Fsp3) is 0.529. The van der Waals surface area contributed by atoms with Crippen LogP contribution >= 0.6 is 0 Å². The molecule has 1 heterocycles. The number of urea groups is 1. The smallest absolute Gasteiger partial charge is 0.314 e. The number of benzene rings is 1. The first-order valence-electron chi connectivity index (χ1n) is 8.16. The summed E-state index contributed by atoms with van der Waals surface area (Å²) in [6.07, 6.45) is 1.66. The van der Waals surface area contributed by atoms with Gasteiger partial charge in [0, 0.05) is 18.8 Å². The van der Waals surface area contributed by atoms with Crippen molar-refractivity contribution in [1.29, 1.82) is 0 Å². The molecule has 6 heteroatoms. The Hall–Kier alpha value is -2.08. The molecular formula is C17H25N3O3. The van der Waals surface area contributed by atoms with Crippen LogP contribution in [0.4, 0.5) is 10.5 Å². The number of morpholine rings is 1. The van der Waals surface area contributed by atoms with E-state index in [0.717, 1.165) is 18.5 Å². The number of anilines is 1. The van der Waals surface area contributed by atoms with E-state index in [2.05, 4.69) is 17.6 Å². The Bertz CT molecular complexity index is 530. The van der Waals surface area contributed by atoms with Gasteiger partial charge in [-0.3, -0.25) is 4.79 Å². The first kappa shape index (κ1) is 17.3. The highest BCUT2D eigenvalue weighted by Gasteiger charge is 2.27. The highest BCUT2D eigenvalue weighted by Crippen LogP contribution is 2.19. The van der Waals surface area contributed by atoms with Crippen molar-refractivity contribution in [3.05, 3.63) is 29.8 Å². The number of aryl methyl sites for hydroxylation is 1. The van der Waals surface area contributed by atoms with Crippen LogP contribution in [-0.2, 0) is 16.0 Å². The topological polar surface area (TPSA) is 70.7 Å². The van der Waals surface area contributed by atoms with Gasteiger partial charge in [0.2, 0.25) is 0 Å². The molecule has 1 fully saturated rings. The highest BCUT2D eigenvalue weighted by atomic mass is 16.5. The zero-order valence-corrected chi connectivity index (χ0v) is 13.8. The van der Waals surface area contributed by atoms with Crippen molar-refractivity contribution in [1.82, 2.24) is 10.6 Å². The van der Waals surface area contributed by atoms with Gasteiger partial charge in [-0.1, -0.05) is 26.0 Å². The minimum Gasteiger partial charge on any atom is -0.365 e. The molecule has 0 spiro atoms. The third-order valence-electron chi connectivity index (χ3n) is 3.81. The molecule has 6 nitrogen and oxygen atoms in total. The molecule has 1 aliphatic rings. The van der Waals surface area contributed by atoms with E-state index < -0.39 is 0 Å². The molecule has 0 aromatic heterocycles. The predicted octanol–water partition coefficient (Wildman–Crippen LogP) is 1.69. The van der Waals surface area contributed by atoms with Crippen LogP contribution in [0, 0.1) is 0 Å². The number of carbonyl (C=O) groups excluding carboxylic acids is 2. The van der Waals surface area contributed by atoms with Gasteiger partial charge in [0.15, 0.2) is 0 Å². The van der Waals surface area contributed by atoms with Gasteiger partial charge in [-0.2, -0.15) is 0 Å². The third kappa shape index (κ3) is 4.96. The molecular weight excluding hydrogens is 294 g/mol. The summed E-state index contributed by atoms with van der Waals surface area (Å²) in [7, 11) is 0. The van der Waals surface area contributed by atoms with Crippen LogP contribution in [0.3, 0.4) is 0 Å². The van der Waals surface area contributed by atoms with Gasteiger partial charge >= 0.3 is 6.03 Å². The van der Waals surface area contributed by atoms with Crippen molar-refractivity contribution >= 4 is 17.6 Å². The fourth-order valence-electron chi connectivity index (χ4n) is 2.42. The Morgan fingerprint density at radius 3 is 2.65 bits per heavy atom. The van der Waals surface area contributed by atoms with Crippen LogP contribution in [0.2, 0.25) is 0 Å². The molecule has 23 heavy (non-hydrogen) atoms. The SMILES string of the molecule is CCCNC(=O)NCC1CN(c2ccc(CC)cc2)C(=O)CO1. The molecule has 1 unspecified atom stereocenters. The van der Waals surface area contributed by atoms with Crippen molar-refractivity contribution in [2.24, 2.45) is 0 Å². The summed E-state index contributed by atoms with van der Waals surface area (Å²) in [6, 6.07) is 7.78. The van der Waals surface area contributed by atoms with Crippen LogP contribution < -0.4 is 15.5 Å². The van der Waals surface area contributed by atoms with E-state index in [0.29, 0.717) is 19.6 Å². The second kappa shape index (κ2) is 8.53. The number of carbonyl (C=O) groups is 2. The Morgan fingerprint density at radius 2 is 2.00 bits per heavy atom. The highest BCUT2D eigenvalue weighted by molar-refractivity contribution is 5.95. The fourth-order valence-corrected chi connectivity index (χ4v) is 2.42. The van der Waals surface area contributed by atoms with Crippen molar-refractivity contribution in [2.45, 2.75) is 32.8 Å². The molecule has 2 rings (SSSR count). The van der Waals surface area contributed by atoms with E-state index in [-0.39, 0.29) is 24.6 Å². The summed E-state index contributed by atoms with van der Waals surface area (Å²) >= 11 is 0. The first-order valence-corrected chi connectivity index (χ1v) is 8.16. The van der Waals surface area contributed by atoms with Gasteiger partial charge in [-0.25, -0.2) is 4.79 Å². The Balaban J connectivity index is 1.90. The molecule has 2 N–H and O–H groups in total. The van der Waals surface area contributed by atoms with Gasteiger partial charge < -0.3 is 20.3 Å². The third-order valence-corrected chi connectivity index (χ3v) is 3.81. The van der Waals surface area contributed by atoms with Crippen LogP contribution in [0.1, 0.15) is 25.8 Å². The number of hydrogen-bond donors (Lipinski definition) is 2. The van der Waals surface area contributed by atoms with Gasteiger partial charge in [0.25, 0.3) is 5.91 Å². The van der Waals surface area contributed by atoms with E-state index in [1.165, 1.54) is 5.56 Å². The number of ether oxygens (including phenoxy) is 1. The minimum atomic E-state index is -0.203. The van der Waals surface area contributed by atoms with E-state index in [1.807, 2.05) is 31.2 Å². The largest absolute Gasteiger partial charge is 0.365 e. The molecule has 1 aliphatic heterocycles. The van der Waals surface area contributed by atoms with Crippen LogP contribution in [0.15, 0.2) is 24.3 Å². The maximum absolute atomic E-state index is 12.1. The molecule has 126 valence electrons. The predicted molar refractivity (Wildman–Crippen MR) is 89.6 cm³/mol. The van der Waals surface area contributed by atoms with Crippen molar-refractivity contribution < 1.29 is 14.3 Å². The molecule has 0 aliphatic carbocycles. The lowest BCUT2D eigenvalue weighted by atomic mass is 10.1. The molecule has 1 aromatic carbocycles. The monoisotopic (exact) mass is 319 g/mol. The zero-order chi connectivity index (χ0) is 16.7. The Kier molecular flexibility index (Phi) is 6.40. The molecule has 1 aromatic rings. The van der Waals surface area contributed by atoms with Crippen molar-refractivity contribution in [3.8, 4) is 0 Å². The van der Waals surface area contributed by atoms with Gasteiger partial charge in [0.1, 0.15) is 6.61 Å². The van der Waals surface area contributed by atoms with Gasteiger partial charge in [-0.05, 0) is 30.5 Å². The number of amides is 3. The van der Waals surface area contributed by atoms with Gasteiger partial charge in [0.05, 0.1) is 12.6 Å². The van der Waals surface area contributed by atoms with Crippen LogP contribution in [0.25, 0.3) is 0 Å². The summed E-state index contributed by atoms with van der Waals surface area (Å²) in [5, 5.41) is 5.53. The maximum Gasteiger partial charge on any atom is 0.314 e. The molecule has 0 radical (unpaired) electrons. The lowest BCUT2D eigenvalue weighted by molar-refractivity contribution is -0.129.